The molecule has 0 saturated heterocycles. The number of hydrogen-bond donors (Lipinski definition) is 3. The van der Waals surface area contributed by atoms with E-state index in [9.17, 15) is 23.2 Å². The summed E-state index contributed by atoms with van der Waals surface area (Å²) in [7, 11) is 0. The Morgan fingerprint density at radius 2 is 1.59 bits per heavy atom. The zero-order valence-corrected chi connectivity index (χ0v) is 21.2. The molecule has 1 aliphatic carbocycles. The van der Waals surface area contributed by atoms with E-state index in [1.165, 1.54) is 24.1 Å². The highest BCUT2D eigenvalue weighted by molar-refractivity contribution is 6.01. The predicted molar refractivity (Wildman–Crippen MR) is 146 cm³/mol. The second kappa shape index (κ2) is 12.3. The van der Waals surface area contributed by atoms with Gasteiger partial charge in [-0.15, -0.1) is 0 Å². The van der Waals surface area contributed by atoms with Crippen molar-refractivity contribution in [3.8, 4) is 0 Å². The largest absolute Gasteiger partial charge is 0.477 e. The fraction of sp³-hybridized carbons (Fsp3) is 0.233. The summed E-state index contributed by atoms with van der Waals surface area (Å²) in [6.07, 6.45) is 6.72. The van der Waals surface area contributed by atoms with Crippen LogP contribution in [0, 0.1) is 0 Å². The van der Waals surface area contributed by atoms with E-state index in [0.29, 0.717) is 16.9 Å². The lowest BCUT2D eigenvalue weighted by Crippen LogP contribution is -2.42. The van der Waals surface area contributed by atoms with Gasteiger partial charge in [-0.2, -0.15) is 8.78 Å². The average Bonchev–Trinajstić information content (AvgIpc) is 2.96. The molecule has 39 heavy (non-hydrogen) atoms. The minimum absolute atomic E-state index is 0.0883. The molecule has 0 unspecified atom stereocenters. The second-order valence-corrected chi connectivity index (χ2v) is 9.29. The predicted octanol–water partition coefficient (Wildman–Crippen LogP) is 6.33. The summed E-state index contributed by atoms with van der Waals surface area (Å²) < 4.78 is 26.6. The van der Waals surface area contributed by atoms with E-state index in [1.54, 1.807) is 29.2 Å². The lowest BCUT2D eigenvalue weighted by Gasteiger charge is -2.24. The molecule has 3 amide bonds. The molecule has 0 fully saturated rings. The number of hydrogen-bond acceptors (Lipinski definition) is 3. The lowest BCUT2D eigenvalue weighted by molar-refractivity contribution is -0.163. The van der Waals surface area contributed by atoms with Gasteiger partial charge in [0.15, 0.2) is 0 Å². The van der Waals surface area contributed by atoms with Gasteiger partial charge in [0.1, 0.15) is 0 Å². The van der Waals surface area contributed by atoms with E-state index in [4.69, 9.17) is 5.11 Å². The van der Waals surface area contributed by atoms with Crippen molar-refractivity contribution in [3.63, 3.8) is 0 Å². The van der Waals surface area contributed by atoms with Crippen molar-refractivity contribution in [3.05, 3.63) is 102 Å². The molecule has 7 nitrogen and oxygen atoms in total. The molecular formula is C30H29F2N3O4. The molecule has 1 aliphatic rings. The number of nitrogens with zero attached hydrogens (tertiary/aromatic N) is 1. The lowest BCUT2D eigenvalue weighted by atomic mass is 9.93. The van der Waals surface area contributed by atoms with E-state index >= 15 is 0 Å². The molecule has 0 heterocycles. The maximum absolute atomic E-state index is 13.3. The molecule has 4 rings (SSSR count). The molecule has 0 spiro atoms. The third-order valence-electron chi connectivity index (χ3n) is 6.45. The molecule has 3 aromatic carbocycles. The van der Waals surface area contributed by atoms with Gasteiger partial charge >= 0.3 is 17.9 Å². The van der Waals surface area contributed by atoms with Crippen molar-refractivity contribution in [2.45, 2.75) is 38.2 Å². The van der Waals surface area contributed by atoms with Crippen LogP contribution < -0.4 is 15.5 Å². The number of allylic oxidation sites excluding steroid dienone is 2. The first kappa shape index (κ1) is 27.5. The van der Waals surface area contributed by atoms with Crippen LogP contribution in [0.4, 0.5) is 25.0 Å². The summed E-state index contributed by atoms with van der Waals surface area (Å²) in [6.45, 7) is -1.14. The molecular weight excluding hydrogens is 504 g/mol. The zero-order chi connectivity index (χ0) is 27.8. The number of carbonyl (C=O) groups is 3. The van der Waals surface area contributed by atoms with Crippen molar-refractivity contribution in [2.24, 2.45) is 0 Å². The number of nitrogens with one attached hydrogen (secondary N) is 2. The van der Waals surface area contributed by atoms with Gasteiger partial charge in [-0.25, -0.2) is 9.59 Å². The molecule has 3 N–H and O–H groups in total. The number of carboxylic acid groups (broad SMARTS) is 1. The number of amides is 3. The van der Waals surface area contributed by atoms with Crippen LogP contribution in [0.5, 0.6) is 0 Å². The van der Waals surface area contributed by atoms with Crippen molar-refractivity contribution >= 4 is 34.9 Å². The summed E-state index contributed by atoms with van der Waals surface area (Å²) in [4.78, 5) is 37.7. The highest BCUT2D eigenvalue weighted by Crippen LogP contribution is 2.29. The first-order chi connectivity index (χ1) is 18.7. The van der Waals surface area contributed by atoms with Gasteiger partial charge in [-0.1, -0.05) is 48.5 Å². The smallest absolute Gasteiger partial charge is 0.376 e. The van der Waals surface area contributed by atoms with E-state index in [0.717, 1.165) is 24.8 Å². The van der Waals surface area contributed by atoms with Crippen molar-refractivity contribution in [1.82, 2.24) is 5.32 Å². The van der Waals surface area contributed by atoms with Crippen LogP contribution in [-0.4, -0.2) is 35.5 Å². The number of para-hydroxylation sites is 1. The van der Waals surface area contributed by atoms with Crippen LogP contribution in [0.1, 0.15) is 47.2 Å². The number of anilines is 2. The van der Waals surface area contributed by atoms with Gasteiger partial charge in [0.25, 0.3) is 5.91 Å². The first-order valence-electron chi connectivity index (χ1n) is 12.6. The Morgan fingerprint density at radius 1 is 0.897 bits per heavy atom. The summed E-state index contributed by atoms with van der Waals surface area (Å²) in [5.41, 5.74) is 4.55. The Kier molecular flexibility index (Phi) is 8.70. The van der Waals surface area contributed by atoms with Gasteiger partial charge in [-0.05, 0) is 78.8 Å². The number of alkyl halides is 2. The third kappa shape index (κ3) is 7.28. The highest BCUT2D eigenvalue weighted by Gasteiger charge is 2.39. The van der Waals surface area contributed by atoms with Crippen LogP contribution in [0.2, 0.25) is 0 Å². The topological polar surface area (TPSA) is 98.7 Å². The Hall–Kier alpha value is -4.53. The van der Waals surface area contributed by atoms with Crippen LogP contribution in [-0.2, 0) is 11.3 Å². The number of benzene rings is 3. The molecule has 0 aliphatic heterocycles. The standard InChI is InChI=1S/C30H29F2N3O4/c31-30(32,28(37)38)20-33-27(36)24-13-11-21(12-14-24)19-35(29(39)34-25-9-5-2-6-10-25)26-17-15-23(16-18-26)22-7-3-1-4-8-22/h2,5-7,9-18H,1,3-4,8,19-20H2,(H,33,36)(H,34,39)(H,37,38). The first-order valence-corrected chi connectivity index (χ1v) is 12.6. The third-order valence-corrected chi connectivity index (χ3v) is 6.45. The molecule has 9 heteroatoms. The fourth-order valence-corrected chi connectivity index (χ4v) is 4.26. The van der Waals surface area contributed by atoms with E-state index in [-0.39, 0.29) is 18.1 Å². The summed E-state index contributed by atoms with van der Waals surface area (Å²) in [5, 5.41) is 13.4. The van der Waals surface area contributed by atoms with Crippen molar-refractivity contribution < 1.29 is 28.3 Å². The molecule has 0 saturated carbocycles. The highest BCUT2D eigenvalue weighted by atomic mass is 19.3. The molecule has 3 aromatic rings. The monoisotopic (exact) mass is 533 g/mol. The molecule has 202 valence electrons. The number of urea groups is 1. The Balaban J connectivity index is 1.51. The van der Waals surface area contributed by atoms with Gasteiger partial charge in [0, 0.05) is 16.9 Å². The zero-order valence-electron chi connectivity index (χ0n) is 21.2. The van der Waals surface area contributed by atoms with Gasteiger partial charge < -0.3 is 15.7 Å². The van der Waals surface area contributed by atoms with Crippen LogP contribution in [0.3, 0.4) is 0 Å². The quantitative estimate of drug-likeness (QED) is 0.299. The minimum atomic E-state index is -4.06. The normalized spacial score (nSPS) is 13.2. The number of carbonyl (C=O) groups excluding carboxylic acids is 2. The maximum atomic E-state index is 13.3. The summed E-state index contributed by atoms with van der Waals surface area (Å²) in [5.74, 6) is -7.20. The van der Waals surface area contributed by atoms with Crippen molar-refractivity contribution in [1.29, 1.82) is 0 Å². The van der Waals surface area contributed by atoms with Crippen LogP contribution in [0.25, 0.3) is 5.57 Å². The second-order valence-electron chi connectivity index (χ2n) is 9.29. The Labute approximate surface area is 225 Å². The molecule has 0 bridgehead atoms. The van der Waals surface area contributed by atoms with Crippen LogP contribution >= 0.6 is 0 Å². The number of rotatable bonds is 9. The van der Waals surface area contributed by atoms with Gasteiger partial charge in [-0.3, -0.25) is 9.69 Å². The van der Waals surface area contributed by atoms with Gasteiger partial charge in [0.2, 0.25) is 0 Å². The summed E-state index contributed by atoms with van der Waals surface area (Å²) in [6, 6.07) is 22.7. The fourth-order valence-electron chi connectivity index (χ4n) is 4.26. The molecule has 0 aromatic heterocycles. The number of carboxylic acids is 1. The number of halogens is 2. The van der Waals surface area contributed by atoms with E-state index in [1.807, 2.05) is 47.8 Å². The minimum Gasteiger partial charge on any atom is -0.477 e. The van der Waals surface area contributed by atoms with Crippen molar-refractivity contribution in [2.75, 3.05) is 16.8 Å². The molecule has 0 radical (unpaired) electrons. The Morgan fingerprint density at radius 3 is 2.21 bits per heavy atom. The SMILES string of the molecule is O=C(NCC(F)(F)C(=O)O)c1ccc(CN(C(=O)Nc2ccccc2)c2ccc(C3=CCCCC3)cc2)cc1. The van der Waals surface area contributed by atoms with Gasteiger partial charge in [0.05, 0.1) is 13.1 Å². The Bertz CT molecular complexity index is 1340. The maximum Gasteiger partial charge on any atom is 0.376 e. The average molecular weight is 534 g/mol. The molecule has 0 atom stereocenters. The van der Waals surface area contributed by atoms with E-state index in [2.05, 4.69) is 11.4 Å². The van der Waals surface area contributed by atoms with Crippen LogP contribution in [0.15, 0.2) is 84.9 Å². The van der Waals surface area contributed by atoms with E-state index < -0.39 is 24.3 Å². The number of aliphatic carboxylic acids is 1. The summed E-state index contributed by atoms with van der Waals surface area (Å²) >= 11 is 0.